The maximum absolute atomic E-state index is 10.4. The van der Waals surface area contributed by atoms with E-state index < -0.39 is 0 Å². The molecule has 0 bridgehead atoms. The van der Waals surface area contributed by atoms with Crippen molar-refractivity contribution in [3.05, 3.63) is 35.4 Å². The first-order valence-corrected chi connectivity index (χ1v) is 7.55. The second-order valence-corrected chi connectivity index (χ2v) is 6.13. The fourth-order valence-corrected chi connectivity index (χ4v) is 3.91. The van der Waals surface area contributed by atoms with Gasteiger partial charge in [0, 0.05) is 0 Å². The third kappa shape index (κ3) is 2.33. The second kappa shape index (κ2) is 5.05. The zero-order valence-electron chi connectivity index (χ0n) is 11.3. The van der Waals surface area contributed by atoms with E-state index in [0.717, 1.165) is 24.7 Å². The van der Waals surface area contributed by atoms with E-state index in [0.29, 0.717) is 5.92 Å². The van der Waals surface area contributed by atoms with Gasteiger partial charge >= 0.3 is 0 Å². The predicted octanol–water partition coefficient (Wildman–Crippen LogP) is 3.59. The third-order valence-electron chi connectivity index (χ3n) is 5.04. The Morgan fingerprint density at radius 1 is 1.06 bits per heavy atom. The number of aryl methyl sites for hydroxylation is 1. The lowest BCUT2D eigenvalue weighted by Crippen LogP contribution is -2.15. The largest absolute Gasteiger partial charge is 0.392 e. The van der Waals surface area contributed by atoms with E-state index in [1.54, 1.807) is 0 Å². The van der Waals surface area contributed by atoms with Crippen molar-refractivity contribution in [1.29, 1.82) is 0 Å². The molecule has 2 fully saturated rings. The molecule has 0 radical (unpaired) electrons. The van der Waals surface area contributed by atoms with Gasteiger partial charge in [0.05, 0.1) is 6.10 Å². The average Bonchev–Trinajstić information content (AvgIpc) is 3.14. The summed E-state index contributed by atoms with van der Waals surface area (Å²) in [6, 6.07) is 8.77. The van der Waals surface area contributed by atoms with Gasteiger partial charge < -0.3 is 5.11 Å². The first-order valence-electron chi connectivity index (χ1n) is 7.55. The van der Waals surface area contributed by atoms with E-state index in [4.69, 9.17) is 0 Å². The van der Waals surface area contributed by atoms with Crippen LogP contribution in [0.1, 0.15) is 43.7 Å². The minimum atomic E-state index is -0.106. The molecule has 0 aromatic heterocycles. The Labute approximate surface area is 110 Å². The highest BCUT2D eigenvalue weighted by Crippen LogP contribution is 2.57. The molecule has 1 aromatic rings. The number of hydrogen-bond donors (Lipinski definition) is 1. The summed E-state index contributed by atoms with van der Waals surface area (Å²) in [7, 11) is 0. The molecule has 0 heterocycles. The minimum absolute atomic E-state index is 0.106. The van der Waals surface area contributed by atoms with E-state index in [9.17, 15) is 5.11 Å². The van der Waals surface area contributed by atoms with Crippen LogP contribution in [0.25, 0.3) is 0 Å². The van der Waals surface area contributed by atoms with Gasteiger partial charge in [-0.1, -0.05) is 44.0 Å². The van der Waals surface area contributed by atoms with Crippen LogP contribution < -0.4 is 0 Å². The quantitative estimate of drug-likeness (QED) is 0.858. The Morgan fingerprint density at radius 2 is 1.61 bits per heavy atom. The summed E-state index contributed by atoms with van der Waals surface area (Å²) >= 11 is 0. The van der Waals surface area contributed by atoms with E-state index in [-0.39, 0.29) is 6.10 Å². The summed E-state index contributed by atoms with van der Waals surface area (Å²) in [6.45, 7) is 2.18. The van der Waals surface area contributed by atoms with E-state index in [1.165, 1.54) is 36.8 Å². The Balaban J connectivity index is 1.58. The van der Waals surface area contributed by atoms with Gasteiger partial charge in [0.2, 0.25) is 0 Å². The van der Waals surface area contributed by atoms with Crippen LogP contribution in [0.5, 0.6) is 0 Å². The zero-order chi connectivity index (χ0) is 12.5. The molecule has 0 spiro atoms. The normalized spacial score (nSPS) is 31.8. The van der Waals surface area contributed by atoms with Crippen molar-refractivity contribution in [1.82, 2.24) is 0 Å². The molecule has 3 rings (SSSR count). The summed E-state index contributed by atoms with van der Waals surface area (Å²) in [5, 5.41) is 10.4. The summed E-state index contributed by atoms with van der Waals surface area (Å²) < 4.78 is 0. The molecule has 0 aliphatic heterocycles. The van der Waals surface area contributed by atoms with Crippen molar-refractivity contribution in [3.63, 3.8) is 0 Å². The summed E-state index contributed by atoms with van der Waals surface area (Å²) in [4.78, 5) is 0. The number of hydrogen-bond acceptors (Lipinski definition) is 1. The lowest BCUT2D eigenvalue weighted by atomic mass is 10.0. The van der Waals surface area contributed by atoms with Gasteiger partial charge in [-0.2, -0.15) is 0 Å². The monoisotopic (exact) mass is 244 g/mol. The van der Waals surface area contributed by atoms with Crippen molar-refractivity contribution in [2.75, 3.05) is 0 Å². The molecule has 3 atom stereocenters. The maximum atomic E-state index is 10.4. The van der Waals surface area contributed by atoms with Crippen LogP contribution in [-0.2, 0) is 12.8 Å². The highest BCUT2D eigenvalue weighted by atomic mass is 16.3. The lowest BCUT2D eigenvalue weighted by molar-refractivity contribution is 0.140. The number of aliphatic hydroxyl groups is 1. The molecule has 2 aliphatic carbocycles. The smallest absolute Gasteiger partial charge is 0.0614 e. The number of rotatable bonds is 4. The fourth-order valence-electron chi connectivity index (χ4n) is 3.91. The molecule has 1 heteroatoms. The zero-order valence-corrected chi connectivity index (χ0v) is 11.3. The lowest BCUT2D eigenvalue weighted by Gasteiger charge is -2.11. The molecular formula is C17H24O. The van der Waals surface area contributed by atoms with E-state index in [2.05, 4.69) is 31.2 Å². The Bertz CT molecular complexity index is 383. The van der Waals surface area contributed by atoms with Gasteiger partial charge in [-0.05, 0) is 54.6 Å². The summed E-state index contributed by atoms with van der Waals surface area (Å²) in [5.41, 5.74) is 2.68. The molecule has 1 aromatic carbocycles. The number of aliphatic hydroxyl groups excluding tert-OH is 1. The second-order valence-electron chi connectivity index (χ2n) is 6.13. The highest BCUT2D eigenvalue weighted by Gasteiger charge is 2.53. The van der Waals surface area contributed by atoms with Crippen molar-refractivity contribution < 1.29 is 5.11 Å². The molecular weight excluding hydrogens is 220 g/mol. The van der Waals surface area contributed by atoms with Crippen molar-refractivity contribution in [2.24, 2.45) is 17.8 Å². The molecule has 1 N–H and O–H groups in total. The van der Waals surface area contributed by atoms with Gasteiger partial charge in [0.25, 0.3) is 0 Å². The predicted molar refractivity (Wildman–Crippen MR) is 74.5 cm³/mol. The van der Waals surface area contributed by atoms with Gasteiger partial charge in [-0.3, -0.25) is 0 Å². The Kier molecular flexibility index (Phi) is 3.43. The van der Waals surface area contributed by atoms with Gasteiger partial charge in [-0.15, -0.1) is 0 Å². The van der Waals surface area contributed by atoms with Crippen molar-refractivity contribution in [3.8, 4) is 0 Å². The van der Waals surface area contributed by atoms with Gasteiger partial charge in [-0.25, -0.2) is 0 Å². The van der Waals surface area contributed by atoms with Crippen LogP contribution in [0.4, 0.5) is 0 Å². The molecule has 0 amide bonds. The Morgan fingerprint density at radius 3 is 2.17 bits per heavy atom. The van der Waals surface area contributed by atoms with Crippen LogP contribution in [0.15, 0.2) is 24.3 Å². The van der Waals surface area contributed by atoms with Crippen LogP contribution in [0.3, 0.4) is 0 Å². The first-order chi connectivity index (χ1) is 8.79. The number of benzene rings is 1. The maximum Gasteiger partial charge on any atom is 0.0614 e. The average molecular weight is 244 g/mol. The Hall–Kier alpha value is -0.820. The van der Waals surface area contributed by atoms with Crippen molar-refractivity contribution in [2.45, 2.75) is 51.6 Å². The SMILES string of the molecule is CCc1ccc(CC(O)C2C3CCCCC32)cc1. The molecule has 3 unspecified atom stereocenters. The van der Waals surface area contributed by atoms with E-state index >= 15 is 0 Å². The van der Waals surface area contributed by atoms with Gasteiger partial charge in [0.15, 0.2) is 0 Å². The van der Waals surface area contributed by atoms with Crippen molar-refractivity contribution >= 4 is 0 Å². The minimum Gasteiger partial charge on any atom is -0.392 e. The third-order valence-corrected chi connectivity index (χ3v) is 5.04. The summed E-state index contributed by atoms with van der Waals surface area (Å²) in [6.07, 6.45) is 7.33. The summed E-state index contributed by atoms with van der Waals surface area (Å²) in [5.74, 6) is 2.31. The van der Waals surface area contributed by atoms with E-state index in [1.807, 2.05) is 0 Å². The molecule has 2 saturated carbocycles. The highest BCUT2D eigenvalue weighted by molar-refractivity contribution is 5.23. The molecule has 2 aliphatic rings. The number of fused-ring (bicyclic) bond motifs is 1. The van der Waals surface area contributed by atoms with Crippen LogP contribution in [0, 0.1) is 17.8 Å². The van der Waals surface area contributed by atoms with Gasteiger partial charge in [0.1, 0.15) is 0 Å². The molecule has 0 saturated heterocycles. The standard InChI is InChI=1S/C17H24O/c1-2-12-7-9-13(10-8-12)11-16(18)17-14-5-3-4-6-15(14)17/h7-10,14-18H,2-6,11H2,1H3. The van der Waals surface area contributed by atoms with Crippen LogP contribution in [-0.4, -0.2) is 11.2 Å². The topological polar surface area (TPSA) is 20.2 Å². The van der Waals surface area contributed by atoms with Crippen LogP contribution in [0.2, 0.25) is 0 Å². The fraction of sp³-hybridized carbons (Fsp3) is 0.647. The molecule has 18 heavy (non-hydrogen) atoms. The molecule has 98 valence electrons. The molecule has 1 nitrogen and oxygen atoms in total. The van der Waals surface area contributed by atoms with Crippen LogP contribution >= 0.6 is 0 Å². The first kappa shape index (κ1) is 12.2.